The summed E-state index contributed by atoms with van der Waals surface area (Å²) in [5.74, 6) is 1.12. The number of rotatable bonds is 3. The van der Waals surface area contributed by atoms with E-state index in [4.69, 9.17) is 10.2 Å². The lowest BCUT2D eigenvalue weighted by Crippen LogP contribution is -2.02. The number of halogens is 1. The normalized spacial score (nSPS) is 10.7. The number of aryl methyl sites for hydroxylation is 1. The van der Waals surface area contributed by atoms with Crippen LogP contribution >= 0.6 is 15.9 Å². The molecule has 0 aliphatic carbocycles. The van der Waals surface area contributed by atoms with Crippen molar-refractivity contribution in [2.75, 3.05) is 6.54 Å². The Kier molecular flexibility index (Phi) is 3.36. The van der Waals surface area contributed by atoms with Crippen molar-refractivity contribution in [3.63, 3.8) is 0 Å². The first kappa shape index (κ1) is 11.3. The van der Waals surface area contributed by atoms with Crippen LogP contribution in [0.15, 0.2) is 27.1 Å². The van der Waals surface area contributed by atoms with Gasteiger partial charge in [-0.15, -0.1) is 10.2 Å². The molecule has 0 radical (unpaired) electrons. The summed E-state index contributed by atoms with van der Waals surface area (Å²) in [7, 11) is 0. The van der Waals surface area contributed by atoms with E-state index in [-0.39, 0.29) is 0 Å². The fraction of sp³-hybridized carbons (Fsp3) is 0.273. The standard InChI is InChI=1S/C11H12BrN3O/c1-7-2-3-8(12)6-9(7)11-15-14-10(16-11)4-5-13/h2-3,6H,4-5,13H2,1H3. The molecule has 0 fully saturated rings. The molecular formula is C11H12BrN3O. The van der Waals surface area contributed by atoms with Gasteiger partial charge in [0.25, 0.3) is 0 Å². The van der Waals surface area contributed by atoms with Gasteiger partial charge in [0.15, 0.2) is 0 Å². The molecule has 16 heavy (non-hydrogen) atoms. The molecule has 0 aliphatic rings. The van der Waals surface area contributed by atoms with E-state index in [1.54, 1.807) is 0 Å². The number of hydrogen-bond acceptors (Lipinski definition) is 4. The first-order valence-corrected chi connectivity index (χ1v) is 5.79. The van der Waals surface area contributed by atoms with E-state index in [1.807, 2.05) is 25.1 Å². The minimum atomic E-state index is 0.513. The highest BCUT2D eigenvalue weighted by molar-refractivity contribution is 9.10. The molecule has 1 heterocycles. The highest BCUT2D eigenvalue weighted by Gasteiger charge is 2.10. The first-order valence-electron chi connectivity index (χ1n) is 4.99. The number of aromatic nitrogens is 2. The maximum Gasteiger partial charge on any atom is 0.248 e. The fourth-order valence-corrected chi connectivity index (χ4v) is 1.77. The summed E-state index contributed by atoms with van der Waals surface area (Å²) in [4.78, 5) is 0. The van der Waals surface area contributed by atoms with Crippen LogP contribution in [0.3, 0.4) is 0 Å². The second-order valence-corrected chi connectivity index (χ2v) is 4.41. The smallest absolute Gasteiger partial charge is 0.248 e. The van der Waals surface area contributed by atoms with Gasteiger partial charge in [-0.25, -0.2) is 0 Å². The van der Waals surface area contributed by atoms with Crippen LogP contribution < -0.4 is 5.73 Å². The third kappa shape index (κ3) is 2.31. The van der Waals surface area contributed by atoms with Gasteiger partial charge in [0.05, 0.1) is 0 Å². The van der Waals surface area contributed by atoms with Crippen molar-refractivity contribution in [2.24, 2.45) is 5.73 Å². The molecule has 0 bridgehead atoms. The molecule has 1 aromatic heterocycles. The second kappa shape index (κ2) is 4.76. The Labute approximate surface area is 102 Å². The predicted molar refractivity (Wildman–Crippen MR) is 64.9 cm³/mol. The van der Waals surface area contributed by atoms with E-state index >= 15 is 0 Å². The van der Waals surface area contributed by atoms with Gasteiger partial charge in [-0.2, -0.15) is 0 Å². The minimum Gasteiger partial charge on any atom is -0.421 e. The summed E-state index contributed by atoms with van der Waals surface area (Å²) in [5, 5.41) is 7.96. The van der Waals surface area contributed by atoms with Crippen LogP contribution in [-0.4, -0.2) is 16.7 Å². The van der Waals surface area contributed by atoms with Gasteiger partial charge in [-0.05, 0) is 24.6 Å². The Hall–Kier alpha value is -1.20. The molecule has 2 N–H and O–H groups in total. The first-order chi connectivity index (χ1) is 7.70. The SMILES string of the molecule is Cc1ccc(Br)cc1-c1nnc(CCN)o1. The van der Waals surface area contributed by atoms with Gasteiger partial charge in [-0.1, -0.05) is 22.0 Å². The van der Waals surface area contributed by atoms with Crippen LogP contribution in [0.1, 0.15) is 11.5 Å². The molecule has 0 spiro atoms. The summed E-state index contributed by atoms with van der Waals surface area (Å²) in [6, 6.07) is 5.96. The van der Waals surface area contributed by atoms with Crippen molar-refractivity contribution >= 4 is 15.9 Å². The Morgan fingerprint density at radius 2 is 2.19 bits per heavy atom. The van der Waals surface area contributed by atoms with Crippen molar-refractivity contribution in [1.82, 2.24) is 10.2 Å². The predicted octanol–water partition coefficient (Wildman–Crippen LogP) is 2.31. The molecule has 2 rings (SSSR count). The molecule has 0 aliphatic heterocycles. The lowest BCUT2D eigenvalue weighted by molar-refractivity contribution is 0.507. The van der Waals surface area contributed by atoms with Gasteiger partial charge >= 0.3 is 0 Å². The largest absolute Gasteiger partial charge is 0.421 e. The topological polar surface area (TPSA) is 64.9 Å². The van der Waals surface area contributed by atoms with Gasteiger partial charge < -0.3 is 10.2 Å². The van der Waals surface area contributed by atoms with Gasteiger partial charge in [0.2, 0.25) is 11.8 Å². The zero-order valence-corrected chi connectivity index (χ0v) is 10.5. The van der Waals surface area contributed by atoms with Gasteiger partial charge in [0.1, 0.15) is 0 Å². The van der Waals surface area contributed by atoms with Crippen LogP contribution in [0, 0.1) is 6.92 Å². The van der Waals surface area contributed by atoms with E-state index in [1.165, 1.54) is 0 Å². The summed E-state index contributed by atoms with van der Waals surface area (Å²) >= 11 is 3.42. The zero-order valence-electron chi connectivity index (χ0n) is 8.90. The van der Waals surface area contributed by atoms with Crippen LogP contribution in [0.4, 0.5) is 0 Å². The zero-order chi connectivity index (χ0) is 11.5. The molecule has 84 valence electrons. The molecular weight excluding hydrogens is 270 g/mol. The van der Waals surface area contributed by atoms with Gasteiger partial charge in [0, 0.05) is 23.0 Å². The fourth-order valence-electron chi connectivity index (χ4n) is 1.41. The van der Waals surface area contributed by atoms with Crippen molar-refractivity contribution in [2.45, 2.75) is 13.3 Å². The summed E-state index contributed by atoms with van der Waals surface area (Å²) in [6.07, 6.45) is 0.611. The lowest BCUT2D eigenvalue weighted by atomic mass is 10.1. The quantitative estimate of drug-likeness (QED) is 0.938. The Bertz CT molecular complexity index is 496. The van der Waals surface area contributed by atoms with Crippen LogP contribution in [0.25, 0.3) is 11.5 Å². The Balaban J connectivity index is 2.38. The summed E-state index contributed by atoms with van der Waals surface area (Å²) < 4.78 is 6.52. The van der Waals surface area contributed by atoms with Crippen molar-refractivity contribution in [1.29, 1.82) is 0 Å². The van der Waals surface area contributed by atoms with E-state index in [9.17, 15) is 0 Å². The molecule has 0 unspecified atom stereocenters. The molecule has 2 aromatic rings. The Morgan fingerprint density at radius 3 is 2.94 bits per heavy atom. The average Bonchev–Trinajstić information content (AvgIpc) is 2.71. The Morgan fingerprint density at radius 1 is 1.38 bits per heavy atom. The van der Waals surface area contributed by atoms with Gasteiger partial charge in [-0.3, -0.25) is 0 Å². The van der Waals surface area contributed by atoms with E-state index in [0.29, 0.717) is 24.7 Å². The minimum absolute atomic E-state index is 0.513. The molecule has 4 nitrogen and oxygen atoms in total. The van der Waals surface area contributed by atoms with E-state index in [0.717, 1.165) is 15.6 Å². The molecule has 0 amide bonds. The number of benzene rings is 1. The van der Waals surface area contributed by atoms with Crippen molar-refractivity contribution in [3.05, 3.63) is 34.1 Å². The van der Waals surface area contributed by atoms with Crippen LogP contribution in [0.2, 0.25) is 0 Å². The molecule has 0 saturated carbocycles. The maximum absolute atomic E-state index is 5.52. The maximum atomic E-state index is 5.52. The van der Waals surface area contributed by atoms with Crippen LogP contribution in [0.5, 0.6) is 0 Å². The molecule has 1 aromatic carbocycles. The summed E-state index contributed by atoms with van der Waals surface area (Å²) in [5.41, 5.74) is 7.48. The monoisotopic (exact) mass is 281 g/mol. The highest BCUT2D eigenvalue weighted by Crippen LogP contribution is 2.25. The van der Waals surface area contributed by atoms with E-state index < -0.39 is 0 Å². The molecule has 0 atom stereocenters. The van der Waals surface area contributed by atoms with E-state index in [2.05, 4.69) is 26.1 Å². The van der Waals surface area contributed by atoms with Crippen LogP contribution in [-0.2, 0) is 6.42 Å². The third-order valence-electron chi connectivity index (χ3n) is 2.26. The number of nitrogens with zero attached hydrogens (tertiary/aromatic N) is 2. The average molecular weight is 282 g/mol. The molecule has 5 heteroatoms. The third-order valence-corrected chi connectivity index (χ3v) is 2.75. The summed E-state index contributed by atoms with van der Waals surface area (Å²) in [6.45, 7) is 2.52. The van der Waals surface area contributed by atoms with Crippen molar-refractivity contribution < 1.29 is 4.42 Å². The number of nitrogens with two attached hydrogens (primary N) is 1. The highest BCUT2D eigenvalue weighted by atomic mass is 79.9. The molecule has 0 saturated heterocycles. The number of hydrogen-bond donors (Lipinski definition) is 1. The second-order valence-electron chi connectivity index (χ2n) is 3.50. The van der Waals surface area contributed by atoms with Crippen molar-refractivity contribution in [3.8, 4) is 11.5 Å². The lowest BCUT2D eigenvalue weighted by Gasteiger charge is -2.00.